The van der Waals surface area contributed by atoms with E-state index < -0.39 is 29.5 Å². The average molecular weight is 208 g/mol. The van der Waals surface area contributed by atoms with Gasteiger partial charge >= 0.3 is 12.1 Å². The number of hydrogen-bond acceptors (Lipinski definition) is 2. The maximum atomic E-state index is 12.3. The summed E-state index contributed by atoms with van der Waals surface area (Å²) in [5.74, 6) is -1.84. The van der Waals surface area contributed by atoms with E-state index in [9.17, 15) is 18.0 Å². The zero-order chi connectivity index (χ0) is 11.2. The monoisotopic (exact) mass is 208 g/mol. The van der Waals surface area contributed by atoms with Gasteiger partial charge in [-0.25, -0.2) is 4.79 Å². The van der Waals surface area contributed by atoms with Crippen molar-refractivity contribution >= 4 is 13.8 Å². The lowest BCUT2D eigenvalue weighted by atomic mass is 9.73. The second-order valence-electron chi connectivity index (χ2n) is 3.68. The molecule has 3 nitrogen and oxygen atoms in total. The number of carboxylic acid groups (broad SMARTS) is 1. The fraction of sp³-hybridized carbons (Fsp3) is 0.857. The third-order valence-electron chi connectivity index (χ3n) is 2.43. The van der Waals surface area contributed by atoms with E-state index in [4.69, 9.17) is 18.1 Å². The maximum absolute atomic E-state index is 12.3. The van der Waals surface area contributed by atoms with Gasteiger partial charge in [0.1, 0.15) is 13.3 Å². The molecule has 0 aromatic carbocycles. The largest absolute Gasteiger partial charge is 0.480 e. The minimum Gasteiger partial charge on any atom is -0.480 e. The molecule has 1 unspecified atom stereocenters. The smallest absolute Gasteiger partial charge is 0.394 e. The van der Waals surface area contributed by atoms with Crippen molar-refractivity contribution in [2.75, 3.05) is 0 Å². The van der Waals surface area contributed by atoms with Gasteiger partial charge in [-0.3, -0.25) is 0 Å². The van der Waals surface area contributed by atoms with E-state index >= 15 is 0 Å². The van der Waals surface area contributed by atoms with Crippen molar-refractivity contribution in [3.8, 4) is 0 Å². The zero-order valence-corrected chi connectivity index (χ0v) is 7.14. The Morgan fingerprint density at radius 3 is 2.07 bits per heavy atom. The van der Waals surface area contributed by atoms with Crippen LogP contribution in [0.25, 0.3) is 0 Å². The van der Waals surface area contributed by atoms with Gasteiger partial charge in [-0.15, -0.1) is 0 Å². The average Bonchev–Trinajstić information content (AvgIpc) is 2.65. The van der Waals surface area contributed by atoms with Crippen LogP contribution in [0.15, 0.2) is 0 Å². The molecule has 0 aliphatic heterocycles. The molecule has 0 bridgehead atoms. The van der Waals surface area contributed by atoms with E-state index in [1.807, 2.05) is 0 Å². The first-order valence-corrected chi connectivity index (χ1v) is 3.92. The number of carboxylic acids is 1. The highest BCUT2D eigenvalue weighted by Gasteiger charge is 2.65. The lowest BCUT2D eigenvalue weighted by Crippen LogP contribution is -2.44. The predicted octanol–water partition coefficient (Wildman–Crippen LogP) is 0.661. The summed E-state index contributed by atoms with van der Waals surface area (Å²) in [6.07, 6.45) is -5.85. The van der Waals surface area contributed by atoms with E-state index in [2.05, 4.69) is 0 Å². The molecular weight excluding hydrogens is 200 g/mol. The number of rotatable bonds is 3. The number of carbonyl (C=O) groups is 1. The van der Waals surface area contributed by atoms with Crippen LogP contribution in [0.1, 0.15) is 19.3 Å². The third kappa shape index (κ3) is 1.87. The summed E-state index contributed by atoms with van der Waals surface area (Å²) >= 11 is 0. The topological polar surface area (TPSA) is 57.5 Å². The maximum Gasteiger partial charge on any atom is 0.394 e. The number of aliphatic carboxylic acids is 1. The van der Waals surface area contributed by atoms with Crippen molar-refractivity contribution in [1.82, 2.24) is 0 Å². The molecule has 0 spiro atoms. The van der Waals surface area contributed by atoms with Gasteiger partial charge in [0.05, 0.1) is 5.41 Å². The molecular formula is C7H8BF3O3. The van der Waals surface area contributed by atoms with Crippen molar-refractivity contribution < 1.29 is 28.2 Å². The van der Waals surface area contributed by atoms with Crippen LogP contribution in [-0.4, -0.2) is 35.7 Å². The van der Waals surface area contributed by atoms with Crippen LogP contribution in [0, 0.1) is 5.41 Å². The van der Waals surface area contributed by atoms with Crippen molar-refractivity contribution in [3.05, 3.63) is 0 Å². The molecule has 0 heterocycles. The standard InChI is InChI=1S/C7H8BF3O3/c8-6(14,4(12)13)3-5(1-2-5)7(9,10)11/h14H,1-3H2,(H,12,13). The third-order valence-corrected chi connectivity index (χ3v) is 2.43. The molecule has 1 aliphatic carbocycles. The van der Waals surface area contributed by atoms with Crippen LogP contribution in [0.5, 0.6) is 0 Å². The van der Waals surface area contributed by atoms with Crippen LogP contribution in [0.4, 0.5) is 13.2 Å². The van der Waals surface area contributed by atoms with Crippen LogP contribution >= 0.6 is 0 Å². The number of alkyl halides is 3. The normalized spacial score (nSPS) is 24.0. The minimum absolute atomic E-state index is 0.177. The Morgan fingerprint density at radius 2 is 1.86 bits per heavy atom. The number of halogens is 3. The van der Waals surface area contributed by atoms with Gasteiger partial charge in [-0.1, -0.05) is 0 Å². The highest BCUT2D eigenvalue weighted by atomic mass is 19.4. The van der Waals surface area contributed by atoms with Gasteiger partial charge in [0.15, 0.2) is 0 Å². The van der Waals surface area contributed by atoms with Crippen molar-refractivity contribution in [2.24, 2.45) is 5.41 Å². The zero-order valence-electron chi connectivity index (χ0n) is 7.14. The summed E-state index contributed by atoms with van der Waals surface area (Å²) in [7, 11) is 4.84. The molecule has 2 N–H and O–H groups in total. The lowest BCUT2D eigenvalue weighted by Gasteiger charge is -2.26. The summed E-state index contributed by atoms with van der Waals surface area (Å²) < 4.78 is 37.0. The van der Waals surface area contributed by atoms with Gasteiger partial charge < -0.3 is 10.2 Å². The molecule has 1 atom stereocenters. The van der Waals surface area contributed by atoms with Crippen LogP contribution in [-0.2, 0) is 4.79 Å². The highest BCUT2D eigenvalue weighted by molar-refractivity contribution is 6.25. The molecule has 0 amide bonds. The highest BCUT2D eigenvalue weighted by Crippen LogP contribution is 2.61. The Hall–Kier alpha value is -0.715. The summed E-state index contributed by atoms with van der Waals surface area (Å²) in [5, 5.41) is 17.4. The fourth-order valence-electron chi connectivity index (χ4n) is 1.30. The quantitative estimate of drug-likeness (QED) is 0.669. The Labute approximate surface area is 79.3 Å². The molecule has 0 aromatic heterocycles. The Morgan fingerprint density at radius 1 is 1.43 bits per heavy atom. The number of hydrogen-bond donors (Lipinski definition) is 2. The Bertz CT molecular complexity index is 257. The van der Waals surface area contributed by atoms with Gasteiger partial charge in [0, 0.05) is 0 Å². The molecule has 0 aromatic rings. The molecule has 78 valence electrons. The first-order valence-electron chi connectivity index (χ1n) is 3.92. The van der Waals surface area contributed by atoms with Gasteiger partial charge in [0.25, 0.3) is 0 Å². The SMILES string of the molecule is [B]C(O)(CC1(C(F)(F)F)CC1)C(=O)O. The van der Waals surface area contributed by atoms with Crippen LogP contribution in [0.3, 0.4) is 0 Å². The summed E-state index contributed by atoms with van der Waals surface area (Å²) in [6, 6.07) is 0. The first-order chi connectivity index (χ1) is 6.11. The summed E-state index contributed by atoms with van der Waals surface area (Å²) in [6.45, 7) is 0. The van der Waals surface area contributed by atoms with Crippen molar-refractivity contribution in [3.63, 3.8) is 0 Å². The molecule has 14 heavy (non-hydrogen) atoms. The summed E-state index contributed by atoms with van der Waals surface area (Å²) in [4.78, 5) is 10.3. The predicted molar refractivity (Wildman–Crippen MR) is 40.7 cm³/mol. The summed E-state index contributed by atoms with van der Waals surface area (Å²) in [5.41, 5.74) is -4.90. The molecule has 0 saturated heterocycles. The van der Waals surface area contributed by atoms with Gasteiger partial charge in [-0.2, -0.15) is 13.2 Å². The second kappa shape index (κ2) is 2.89. The van der Waals surface area contributed by atoms with Crippen LogP contribution in [0.2, 0.25) is 0 Å². The first kappa shape index (κ1) is 11.4. The van der Waals surface area contributed by atoms with Gasteiger partial charge in [-0.05, 0) is 19.3 Å². The fourth-order valence-corrected chi connectivity index (χ4v) is 1.30. The van der Waals surface area contributed by atoms with Crippen molar-refractivity contribution in [1.29, 1.82) is 0 Å². The van der Waals surface area contributed by atoms with E-state index in [0.29, 0.717) is 0 Å². The number of aliphatic hydroxyl groups is 1. The van der Waals surface area contributed by atoms with Crippen LogP contribution < -0.4 is 0 Å². The lowest BCUT2D eigenvalue weighted by molar-refractivity contribution is -0.199. The van der Waals surface area contributed by atoms with E-state index in [1.165, 1.54) is 0 Å². The Kier molecular flexibility index (Phi) is 2.34. The Balaban J connectivity index is 2.75. The van der Waals surface area contributed by atoms with E-state index in [0.717, 1.165) is 0 Å². The molecule has 1 saturated carbocycles. The molecule has 1 fully saturated rings. The minimum atomic E-state index is -4.50. The van der Waals surface area contributed by atoms with E-state index in [-0.39, 0.29) is 12.8 Å². The molecule has 1 aliphatic rings. The van der Waals surface area contributed by atoms with Crippen molar-refractivity contribution in [2.45, 2.75) is 30.9 Å². The van der Waals surface area contributed by atoms with E-state index in [1.54, 1.807) is 0 Å². The molecule has 2 radical (unpaired) electrons. The molecule has 1 rings (SSSR count). The second-order valence-corrected chi connectivity index (χ2v) is 3.68. The van der Waals surface area contributed by atoms with Gasteiger partial charge in [0.2, 0.25) is 0 Å². The molecule has 7 heteroatoms.